The number of rotatable bonds is 0. The summed E-state index contributed by atoms with van der Waals surface area (Å²) in [6, 6.07) is 0. The second-order valence-electron chi connectivity index (χ2n) is 2.70. The molecule has 5 nitrogen and oxygen atoms in total. The molecule has 0 radical (unpaired) electrons. The molecule has 13 heavy (non-hydrogen) atoms. The molecule has 0 aliphatic carbocycles. The Morgan fingerprint density at radius 1 is 0.846 bits per heavy atom. The van der Waals surface area contributed by atoms with Crippen molar-refractivity contribution in [3.05, 3.63) is 25.0 Å². The molecule has 0 aromatic carbocycles. The number of hydrogen-bond acceptors (Lipinski definition) is 4. The smallest absolute Gasteiger partial charge is 0.143 e. The third kappa shape index (κ3) is 0.807. The van der Waals surface area contributed by atoms with Crippen LogP contribution in [-0.2, 0) is 0 Å². The van der Waals surface area contributed by atoms with Gasteiger partial charge in [0.15, 0.2) is 0 Å². The van der Waals surface area contributed by atoms with Crippen LogP contribution in [0.5, 0.6) is 0 Å². The number of aromatic nitrogens is 5. The van der Waals surface area contributed by atoms with Crippen LogP contribution in [0, 0.1) is 0 Å². The zero-order chi connectivity index (χ0) is 8.67. The molecule has 3 aromatic heterocycles. The minimum absolute atomic E-state index is 0.797. The molecule has 0 saturated heterocycles. The fraction of sp³-hybridized carbons (Fsp3) is 0. The van der Waals surface area contributed by atoms with Gasteiger partial charge in [-0.2, -0.15) is 0 Å². The minimum Gasteiger partial charge on any atom is -0.324 e. The summed E-state index contributed by atoms with van der Waals surface area (Å²) in [6.07, 6.45) is 6.52. The van der Waals surface area contributed by atoms with Gasteiger partial charge in [-0.25, -0.2) is 19.9 Å². The molecule has 0 atom stereocenters. The second kappa shape index (κ2) is 2.22. The van der Waals surface area contributed by atoms with Crippen molar-refractivity contribution in [2.75, 3.05) is 0 Å². The first kappa shape index (κ1) is 6.47. The fourth-order valence-corrected chi connectivity index (χ4v) is 1.36. The Morgan fingerprint density at radius 3 is 1.92 bits per heavy atom. The van der Waals surface area contributed by atoms with Crippen LogP contribution in [0.4, 0.5) is 0 Å². The van der Waals surface area contributed by atoms with E-state index in [1.165, 1.54) is 12.7 Å². The van der Waals surface area contributed by atoms with Gasteiger partial charge in [-0.1, -0.05) is 0 Å². The molecular weight excluding hydrogens is 166 g/mol. The first-order chi connectivity index (χ1) is 6.45. The van der Waals surface area contributed by atoms with Crippen LogP contribution in [0.1, 0.15) is 0 Å². The van der Waals surface area contributed by atoms with Crippen LogP contribution in [0.25, 0.3) is 22.1 Å². The Labute approximate surface area is 72.9 Å². The number of nitrogens with zero attached hydrogens (tertiary/aromatic N) is 4. The van der Waals surface area contributed by atoms with E-state index in [4.69, 9.17) is 0 Å². The molecule has 0 bridgehead atoms. The molecule has 0 amide bonds. The number of aromatic amines is 1. The van der Waals surface area contributed by atoms with Crippen molar-refractivity contribution in [1.29, 1.82) is 0 Å². The number of nitrogens with one attached hydrogen (secondary N) is 1. The molecule has 0 aliphatic rings. The van der Waals surface area contributed by atoms with Crippen LogP contribution < -0.4 is 0 Å². The predicted molar refractivity (Wildman–Crippen MR) is 47.0 cm³/mol. The maximum atomic E-state index is 4.08. The SMILES string of the molecule is c1ncc2c(n1)[nH]c1ncncc12. The van der Waals surface area contributed by atoms with Crippen molar-refractivity contribution in [1.82, 2.24) is 24.9 Å². The minimum atomic E-state index is 0.797. The maximum Gasteiger partial charge on any atom is 0.143 e. The van der Waals surface area contributed by atoms with Gasteiger partial charge in [0, 0.05) is 23.2 Å². The molecule has 3 rings (SSSR count). The first-order valence-corrected chi connectivity index (χ1v) is 3.82. The zero-order valence-electron chi connectivity index (χ0n) is 6.60. The van der Waals surface area contributed by atoms with Crippen molar-refractivity contribution < 1.29 is 0 Å². The summed E-state index contributed by atoms with van der Waals surface area (Å²) in [6.45, 7) is 0. The Balaban J connectivity index is 2.64. The van der Waals surface area contributed by atoms with Gasteiger partial charge in [-0.05, 0) is 0 Å². The van der Waals surface area contributed by atoms with Crippen LogP contribution in [0.2, 0.25) is 0 Å². The summed E-state index contributed by atoms with van der Waals surface area (Å²) in [7, 11) is 0. The van der Waals surface area contributed by atoms with Crippen molar-refractivity contribution in [3.63, 3.8) is 0 Å². The largest absolute Gasteiger partial charge is 0.324 e. The number of H-pyrrole nitrogens is 1. The van der Waals surface area contributed by atoms with Crippen molar-refractivity contribution >= 4 is 22.1 Å². The highest BCUT2D eigenvalue weighted by atomic mass is 15.0. The summed E-state index contributed by atoms with van der Waals surface area (Å²) >= 11 is 0. The highest BCUT2D eigenvalue weighted by Crippen LogP contribution is 2.19. The van der Waals surface area contributed by atoms with Gasteiger partial charge in [0.25, 0.3) is 0 Å². The predicted octanol–water partition coefficient (Wildman–Crippen LogP) is 0.901. The van der Waals surface area contributed by atoms with E-state index in [1.54, 1.807) is 12.4 Å². The van der Waals surface area contributed by atoms with Crippen LogP contribution in [-0.4, -0.2) is 24.9 Å². The standard InChI is InChI=1S/C8H5N5/c1-5-6-2-10-4-12-8(6)13-7(5)11-3-9-1/h1-4H,(H,9,10,11,12,13). The van der Waals surface area contributed by atoms with E-state index in [0.29, 0.717) is 0 Å². The lowest BCUT2D eigenvalue weighted by Crippen LogP contribution is -1.76. The van der Waals surface area contributed by atoms with E-state index < -0.39 is 0 Å². The van der Waals surface area contributed by atoms with E-state index in [9.17, 15) is 0 Å². The van der Waals surface area contributed by atoms with Crippen LogP contribution in [0.3, 0.4) is 0 Å². The molecule has 5 heteroatoms. The van der Waals surface area contributed by atoms with Crippen molar-refractivity contribution in [2.24, 2.45) is 0 Å². The van der Waals surface area contributed by atoms with Crippen LogP contribution in [0.15, 0.2) is 25.0 Å². The van der Waals surface area contributed by atoms with Gasteiger partial charge in [0.2, 0.25) is 0 Å². The Bertz CT molecular complexity index is 520. The van der Waals surface area contributed by atoms with E-state index in [0.717, 1.165) is 22.1 Å². The van der Waals surface area contributed by atoms with Crippen molar-refractivity contribution in [2.45, 2.75) is 0 Å². The average molecular weight is 171 g/mol. The highest BCUT2D eigenvalue weighted by molar-refractivity contribution is 6.03. The fourth-order valence-electron chi connectivity index (χ4n) is 1.36. The van der Waals surface area contributed by atoms with Gasteiger partial charge < -0.3 is 4.98 Å². The molecule has 3 aromatic rings. The number of hydrogen-bond donors (Lipinski definition) is 1. The normalized spacial score (nSPS) is 11.1. The highest BCUT2D eigenvalue weighted by Gasteiger charge is 2.04. The van der Waals surface area contributed by atoms with Gasteiger partial charge >= 0.3 is 0 Å². The van der Waals surface area contributed by atoms with Gasteiger partial charge in [0.1, 0.15) is 23.9 Å². The van der Waals surface area contributed by atoms with Gasteiger partial charge in [-0.15, -0.1) is 0 Å². The average Bonchev–Trinajstić information content (AvgIpc) is 2.56. The van der Waals surface area contributed by atoms with Crippen molar-refractivity contribution in [3.8, 4) is 0 Å². The summed E-state index contributed by atoms with van der Waals surface area (Å²) in [5.41, 5.74) is 1.59. The summed E-state index contributed by atoms with van der Waals surface area (Å²) in [4.78, 5) is 19.1. The van der Waals surface area contributed by atoms with E-state index >= 15 is 0 Å². The Kier molecular flexibility index (Phi) is 1.11. The third-order valence-electron chi connectivity index (χ3n) is 1.95. The topological polar surface area (TPSA) is 67.3 Å². The summed E-state index contributed by atoms with van der Waals surface area (Å²) in [5, 5.41) is 1.91. The molecule has 1 N–H and O–H groups in total. The van der Waals surface area contributed by atoms with Crippen LogP contribution >= 0.6 is 0 Å². The van der Waals surface area contributed by atoms with Gasteiger partial charge in [-0.3, -0.25) is 0 Å². The van der Waals surface area contributed by atoms with Gasteiger partial charge in [0.05, 0.1) is 0 Å². The first-order valence-electron chi connectivity index (χ1n) is 3.82. The monoisotopic (exact) mass is 171 g/mol. The number of fused-ring (bicyclic) bond motifs is 3. The lowest BCUT2D eigenvalue weighted by molar-refractivity contribution is 1.19. The summed E-state index contributed by atoms with van der Waals surface area (Å²) < 4.78 is 0. The molecular formula is C8H5N5. The Morgan fingerprint density at radius 2 is 1.38 bits per heavy atom. The van der Waals surface area contributed by atoms with E-state index in [1.807, 2.05) is 0 Å². The maximum absolute atomic E-state index is 4.08. The quantitative estimate of drug-likeness (QED) is 0.545. The zero-order valence-corrected chi connectivity index (χ0v) is 6.60. The third-order valence-corrected chi connectivity index (χ3v) is 1.95. The Hall–Kier alpha value is -2.04. The van der Waals surface area contributed by atoms with E-state index in [2.05, 4.69) is 24.9 Å². The molecule has 0 saturated carbocycles. The molecule has 3 heterocycles. The lowest BCUT2D eigenvalue weighted by atomic mass is 10.3. The second-order valence-corrected chi connectivity index (χ2v) is 2.70. The molecule has 0 fully saturated rings. The van der Waals surface area contributed by atoms with E-state index in [-0.39, 0.29) is 0 Å². The molecule has 0 aliphatic heterocycles. The molecule has 0 spiro atoms. The lowest BCUT2D eigenvalue weighted by Gasteiger charge is -1.85. The molecule has 0 unspecified atom stereocenters. The summed E-state index contributed by atoms with van der Waals surface area (Å²) in [5.74, 6) is 0. The molecule has 62 valence electrons.